The zero-order valence-electron chi connectivity index (χ0n) is 25.7. The van der Waals surface area contributed by atoms with Crippen LogP contribution in [0.15, 0.2) is 70.3 Å². The molecular weight excluding hydrogens is 674 g/mol. The van der Waals surface area contributed by atoms with Crippen molar-refractivity contribution in [3.8, 4) is 17.2 Å². The third kappa shape index (κ3) is 6.46. The molecule has 0 radical (unpaired) electrons. The fraction of sp³-hybridized carbons (Fsp3) is 0.273. The van der Waals surface area contributed by atoms with E-state index in [0.29, 0.717) is 41.5 Å². The molecule has 3 heterocycles. The van der Waals surface area contributed by atoms with E-state index in [-0.39, 0.29) is 23.4 Å². The van der Waals surface area contributed by atoms with Crippen molar-refractivity contribution >= 4 is 62.3 Å². The minimum absolute atomic E-state index is 0.110. The van der Waals surface area contributed by atoms with Gasteiger partial charge in [-0.2, -0.15) is 4.98 Å². The Hall–Kier alpha value is -4.39. The lowest BCUT2D eigenvalue weighted by atomic mass is 10.1. The van der Waals surface area contributed by atoms with Crippen molar-refractivity contribution in [1.82, 2.24) is 14.9 Å². The van der Waals surface area contributed by atoms with Crippen LogP contribution >= 0.6 is 27.5 Å². The van der Waals surface area contributed by atoms with E-state index in [9.17, 15) is 4.79 Å². The quantitative estimate of drug-likeness (QED) is 0.246. The van der Waals surface area contributed by atoms with Gasteiger partial charge in [-0.1, -0.05) is 27.5 Å². The van der Waals surface area contributed by atoms with Gasteiger partial charge in [-0.15, -0.1) is 0 Å². The van der Waals surface area contributed by atoms with Gasteiger partial charge in [0.15, 0.2) is 11.5 Å². The molecule has 2 N–H and O–H groups in total. The van der Waals surface area contributed by atoms with Crippen LogP contribution in [0.25, 0.3) is 0 Å². The summed E-state index contributed by atoms with van der Waals surface area (Å²) in [7, 11) is 4.69. The predicted octanol–water partition coefficient (Wildman–Crippen LogP) is 5.34. The Balaban J connectivity index is 1.20. The SMILES string of the molecule is COc1cc(Cc2cnc(/N=C3\C(=O)N(CN4CCN(c5ccc(Cl)cc5)CC4)c4ccc(Br)cc43)nc2N)cc(OC)c1OC. The van der Waals surface area contributed by atoms with Gasteiger partial charge >= 0.3 is 0 Å². The zero-order chi connectivity index (χ0) is 32.4. The molecule has 0 bridgehead atoms. The molecule has 1 saturated heterocycles. The second kappa shape index (κ2) is 13.5. The molecule has 0 spiro atoms. The van der Waals surface area contributed by atoms with Gasteiger partial charge in [0, 0.05) is 65.1 Å². The Morgan fingerprint density at radius 2 is 1.65 bits per heavy atom. The van der Waals surface area contributed by atoms with E-state index in [1.54, 1.807) is 32.4 Å². The Labute approximate surface area is 280 Å². The molecule has 0 atom stereocenters. The number of nitrogens with zero attached hydrogens (tertiary/aromatic N) is 6. The van der Waals surface area contributed by atoms with Crippen molar-refractivity contribution in [3.05, 3.63) is 87.0 Å². The van der Waals surface area contributed by atoms with Crippen LogP contribution in [0, 0.1) is 0 Å². The summed E-state index contributed by atoms with van der Waals surface area (Å²) in [5.74, 6) is 1.74. The highest BCUT2D eigenvalue weighted by atomic mass is 79.9. The van der Waals surface area contributed by atoms with Gasteiger partial charge in [-0.3, -0.25) is 14.6 Å². The summed E-state index contributed by atoms with van der Waals surface area (Å²) in [6, 6.07) is 17.3. The summed E-state index contributed by atoms with van der Waals surface area (Å²) >= 11 is 9.61. The van der Waals surface area contributed by atoms with E-state index in [2.05, 4.69) is 40.7 Å². The number of hydrogen-bond acceptors (Lipinski definition) is 10. The number of methoxy groups -OCH3 is 3. The third-order valence-electron chi connectivity index (χ3n) is 8.07. The normalized spacial score (nSPS) is 15.8. The van der Waals surface area contributed by atoms with E-state index in [1.165, 1.54) is 0 Å². The molecule has 2 aliphatic rings. The van der Waals surface area contributed by atoms with Gasteiger partial charge < -0.3 is 24.8 Å². The lowest BCUT2D eigenvalue weighted by molar-refractivity contribution is -0.112. The van der Waals surface area contributed by atoms with Crippen molar-refractivity contribution < 1.29 is 19.0 Å². The number of rotatable bonds is 9. The number of ether oxygens (including phenoxy) is 3. The number of carbonyl (C=O) groups is 1. The van der Waals surface area contributed by atoms with Crippen LogP contribution < -0.4 is 29.7 Å². The van der Waals surface area contributed by atoms with Gasteiger partial charge in [0.05, 0.1) is 33.7 Å². The first kappa shape index (κ1) is 31.6. The molecule has 1 fully saturated rings. The largest absolute Gasteiger partial charge is 0.493 e. The molecule has 11 nitrogen and oxygen atoms in total. The number of fused-ring (bicyclic) bond motifs is 1. The van der Waals surface area contributed by atoms with Crippen LogP contribution in [0.3, 0.4) is 0 Å². The lowest BCUT2D eigenvalue weighted by Crippen LogP contribution is -2.51. The number of amides is 1. The van der Waals surface area contributed by atoms with Crippen molar-refractivity contribution in [1.29, 1.82) is 0 Å². The number of nitrogen functional groups attached to an aromatic ring is 1. The number of hydrogen-bond donors (Lipinski definition) is 1. The van der Waals surface area contributed by atoms with E-state index in [0.717, 1.165) is 52.6 Å². The number of aromatic nitrogens is 2. The molecule has 0 saturated carbocycles. The van der Waals surface area contributed by atoms with E-state index < -0.39 is 0 Å². The highest BCUT2D eigenvalue weighted by Crippen LogP contribution is 2.39. The number of anilines is 3. The van der Waals surface area contributed by atoms with E-state index in [1.807, 2.05) is 54.6 Å². The highest BCUT2D eigenvalue weighted by Gasteiger charge is 2.36. The van der Waals surface area contributed by atoms with E-state index >= 15 is 0 Å². The minimum Gasteiger partial charge on any atom is -0.493 e. The first-order chi connectivity index (χ1) is 22.3. The van der Waals surface area contributed by atoms with Crippen molar-refractivity contribution in [2.75, 3.05) is 69.7 Å². The van der Waals surface area contributed by atoms with Crippen molar-refractivity contribution in [3.63, 3.8) is 0 Å². The molecule has 0 unspecified atom stereocenters. The molecule has 1 amide bonds. The first-order valence-corrected chi connectivity index (χ1v) is 15.8. The topological polar surface area (TPSA) is 119 Å². The van der Waals surface area contributed by atoms with Gasteiger partial charge in [0.2, 0.25) is 5.75 Å². The van der Waals surface area contributed by atoms with Gasteiger partial charge in [-0.05, 0) is 60.2 Å². The van der Waals surface area contributed by atoms with E-state index in [4.69, 9.17) is 31.5 Å². The van der Waals surface area contributed by atoms with Crippen molar-refractivity contribution in [2.24, 2.45) is 4.99 Å². The fourth-order valence-corrected chi connectivity index (χ4v) is 6.18. The number of benzene rings is 3. The van der Waals surface area contributed by atoms with Crippen LogP contribution in [0.5, 0.6) is 17.2 Å². The van der Waals surface area contributed by atoms with Crippen LogP contribution in [-0.2, 0) is 11.2 Å². The summed E-state index contributed by atoms with van der Waals surface area (Å²) in [5.41, 5.74) is 10.9. The minimum atomic E-state index is -0.211. The molecule has 0 aliphatic carbocycles. The standard InChI is InChI=1S/C33H33BrClN7O4/c1-44-27-15-20(16-28(45-2)30(27)46-3)14-21-18-37-33(39-31(21)36)38-29-25-17-22(34)4-9-26(25)42(32(29)43)19-40-10-12-41(13-11-40)24-7-5-23(35)6-8-24/h4-9,15-18H,10-14,19H2,1-3H3,(H2,36,37,39)/b38-29-. The summed E-state index contributed by atoms with van der Waals surface area (Å²) < 4.78 is 17.2. The molecule has 2 aliphatic heterocycles. The van der Waals surface area contributed by atoms with Crippen LogP contribution in [0.2, 0.25) is 5.02 Å². The van der Waals surface area contributed by atoms with Crippen molar-refractivity contribution in [2.45, 2.75) is 6.42 Å². The third-order valence-corrected chi connectivity index (χ3v) is 8.82. The maximum Gasteiger partial charge on any atom is 0.278 e. The molecule has 6 rings (SSSR count). The molecule has 4 aromatic rings. The summed E-state index contributed by atoms with van der Waals surface area (Å²) in [6.45, 7) is 3.73. The maximum absolute atomic E-state index is 13.8. The average molecular weight is 707 g/mol. The Morgan fingerprint density at radius 3 is 2.28 bits per heavy atom. The number of piperazine rings is 1. The monoisotopic (exact) mass is 705 g/mol. The molecule has 13 heteroatoms. The lowest BCUT2D eigenvalue weighted by Gasteiger charge is -2.37. The number of carbonyl (C=O) groups excluding carboxylic acids is 1. The summed E-state index contributed by atoms with van der Waals surface area (Å²) in [5, 5.41) is 0.720. The molecule has 46 heavy (non-hydrogen) atoms. The Kier molecular flexibility index (Phi) is 9.29. The molecule has 3 aromatic carbocycles. The smallest absolute Gasteiger partial charge is 0.278 e. The molecular formula is C33H33BrClN7O4. The Bertz CT molecular complexity index is 1770. The second-order valence-corrected chi connectivity index (χ2v) is 12.2. The average Bonchev–Trinajstić information content (AvgIpc) is 3.31. The van der Waals surface area contributed by atoms with Crippen LogP contribution in [-0.4, -0.2) is 80.7 Å². The number of nitrogens with two attached hydrogens (primary N) is 1. The predicted molar refractivity (Wildman–Crippen MR) is 183 cm³/mol. The van der Waals surface area contributed by atoms with Gasteiger partial charge in [0.1, 0.15) is 11.5 Å². The number of aliphatic imine (C=N–C) groups is 1. The first-order valence-electron chi connectivity index (χ1n) is 14.6. The van der Waals surface area contributed by atoms with Gasteiger partial charge in [0.25, 0.3) is 11.9 Å². The summed E-state index contributed by atoms with van der Waals surface area (Å²) in [4.78, 5) is 33.7. The Morgan fingerprint density at radius 1 is 0.957 bits per heavy atom. The second-order valence-electron chi connectivity index (χ2n) is 10.9. The van der Waals surface area contributed by atoms with Gasteiger partial charge in [-0.25, -0.2) is 9.98 Å². The maximum atomic E-state index is 13.8. The fourth-order valence-electron chi connectivity index (χ4n) is 5.69. The van der Waals surface area contributed by atoms with Crippen LogP contribution in [0.4, 0.5) is 23.1 Å². The zero-order valence-corrected chi connectivity index (χ0v) is 28.0. The highest BCUT2D eigenvalue weighted by molar-refractivity contribution is 9.10. The molecule has 238 valence electrons. The number of halogens is 2. The summed E-state index contributed by atoms with van der Waals surface area (Å²) in [6.07, 6.45) is 2.05. The van der Waals surface area contributed by atoms with Crippen LogP contribution in [0.1, 0.15) is 16.7 Å². The molecule has 1 aromatic heterocycles.